The average molecular weight is 389 g/mol. The van der Waals surface area contributed by atoms with Gasteiger partial charge in [-0.25, -0.2) is 8.42 Å². The Morgan fingerprint density at radius 3 is 2.48 bits per heavy atom. The van der Waals surface area contributed by atoms with Crippen LogP contribution in [0.3, 0.4) is 0 Å². The normalized spacial score (nSPS) is 17.2. The molecule has 0 bridgehead atoms. The second-order valence-electron chi connectivity index (χ2n) is 6.56. The summed E-state index contributed by atoms with van der Waals surface area (Å²) in [6.07, 6.45) is 2.94. The SMILES string of the molecule is COc1ccc(Cl)cc1N([C@@H](C)C(=O)N1CCC(C)CC1)S(C)(=O)=O. The highest BCUT2D eigenvalue weighted by Gasteiger charge is 2.34. The van der Waals surface area contributed by atoms with E-state index in [4.69, 9.17) is 16.3 Å². The molecule has 0 aliphatic carbocycles. The third-order valence-corrected chi connectivity index (χ3v) is 6.00. The molecule has 25 heavy (non-hydrogen) atoms. The van der Waals surface area contributed by atoms with E-state index in [0.717, 1.165) is 23.4 Å². The smallest absolute Gasteiger partial charge is 0.246 e. The summed E-state index contributed by atoms with van der Waals surface area (Å²) >= 11 is 6.04. The van der Waals surface area contributed by atoms with E-state index >= 15 is 0 Å². The number of methoxy groups -OCH3 is 1. The van der Waals surface area contributed by atoms with Crippen LogP contribution in [0.4, 0.5) is 5.69 Å². The van der Waals surface area contributed by atoms with Crippen molar-refractivity contribution in [2.45, 2.75) is 32.7 Å². The van der Waals surface area contributed by atoms with Crippen LogP contribution >= 0.6 is 11.6 Å². The molecule has 0 N–H and O–H groups in total. The summed E-state index contributed by atoms with van der Waals surface area (Å²) in [6, 6.07) is 3.83. The highest BCUT2D eigenvalue weighted by Crippen LogP contribution is 2.34. The first kappa shape index (κ1) is 19.8. The van der Waals surface area contributed by atoms with Crippen LogP contribution in [0.1, 0.15) is 26.7 Å². The molecule has 1 heterocycles. The zero-order valence-electron chi connectivity index (χ0n) is 15.0. The molecule has 0 unspecified atom stereocenters. The summed E-state index contributed by atoms with van der Waals surface area (Å²) in [5, 5.41) is 0.371. The van der Waals surface area contributed by atoms with E-state index in [1.807, 2.05) is 0 Å². The number of hydrogen-bond donors (Lipinski definition) is 0. The fourth-order valence-electron chi connectivity index (χ4n) is 3.10. The Bertz CT molecular complexity index is 730. The largest absolute Gasteiger partial charge is 0.495 e. The minimum absolute atomic E-state index is 0.209. The van der Waals surface area contributed by atoms with Gasteiger partial charge in [0.25, 0.3) is 0 Å². The Hall–Kier alpha value is -1.47. The first-order valence-electron chi connectivity index (χ1n) is 8.27. The van der Waals surface area contributed by atoms with Crippen LogP contribution in [0.5, 0.6) is 5.75 Å². The van der Waals surface area contributed by atoms with Crippen molar-refractivity contribution in [2.75, 3.05) is 30.8 Å². The van der Waals surface area contributed by atoms with Crippen LogP contribution in [-0.2, 0) is 14.8 Å². The van der Waals surface area contributed by atoms with Gasteiger partial charge >= 0.3 is 0 Å². The number of benzene rings is 1. The fourth-order valence-corrected chi connectivity index (χ4v) is 4.43. The van der Waals surface area contributed by atoms with Crippen LogP contribution in [0.25, 0.3) is 0 Å². The van der Waals surface area contributed by atoms with Gasteiger partial charge in [0, 0.05) is 18.1 Å². The van der Waals surface area contributed by atoms with Crippen molar-refractivity contribution in [1.82, 2.24) is 4.90 Å². The zero-order valence-corrected chi connectivity index (χ0v) is 16.6. The predicted molar refractivity (Wildman–Crippen MR) is 99.8 cm³/mol. The van der Waals surface area contributed by atoms with Gasteiger partial charge in [-0.15, -0.1) is 0 Å². The first-order chi connectivity index (χ1) is 11.6. The number of carbonyl (C=O) groups excluding carboxylic acids is 1. The molecule has 1 fully saturated rings. The molecule has 0 spiro atoms. The Labute approximate surface area is 154 Å². The number of piperidine rings is 1. The maximum Gasteiger partial charge on any atom is 0.246 e. The number of ether oxygens (including phenoxy) is 1. The molecule has 6 nitrogen and oxygen atoms in total. The number of nitrogens with zero attached hydrogens (tertiary/aromatic N) is 2. The quantitative estimate of drug-likeness (QED) is 0.777. The van der Waals surface area contributed by atoms with E-state index in [-0.39, 0.29) is 11.6 Å². The molecule has 0 aromatic heterocycles. The lowest BCUT2D eigenvalue weighted by Crippen LogP contribution is -2.51. The summed E-state index contributed by atoms with van der Waals surface area (Å²) in [5.41, 5.74) is 0.267. The summed E-state index contributed by atoms with van der Waals surface area (Å²) in [6.45, 7) is 5.05. The Kier molecular flexibility index (Phi) is 6.21. The van der Waals surface area contributed by atoms with Crippen molar-refractivity contribution < 1.29 is 17.9 Å². The van der Waals surface area contributed by atoms with Crippen LogP contribution in [-0.4, -0.2) is 51.7 Å². The van der Waals surface area contributed by atoms with Crippen LogP contribution in [0.15, 0.2) is 18.2 Å². The first-order valence-corrected chi connectivity index (χ1v) is 10.5. The Morgan fingerprint density at radius 1 is 1.36 bits per heavy atom. The van der Waals surface area contributed by atoms with Gasteiger partial charge in [0.1, 0.15) is 11.8 Å². The van der Waals surface area contributed by atoms with Gasteiger partial charge in [-0.3, -0.25) is 9.10 Å². The van der Waals surface area contributed by atoms with Crippen molar-refractivity contribution in [3.8, 4) is 5.75 Å². The summed E-state index contributed by atoms with van der Waals surface area (Å²) in [7, 11) is -2.26. The lowest BCUT2D eigenvalue weighted by Gasteiger charge is -2.36. The molecular weight excluding hydrogens is 364 g/mol. The number of amides is 1. The monoisotopic (exact) mass is 388 g/mol. The number of carbonyl (C=O) groups is 1. The molecule has 1 aromatic rings. The number of likely N-dealkylation sites (tertiary alicyclic amines) is 1. The molecule has 140 valence electrons. The van der Waals surface area contributed by atoms with Gasteiger partial charge in [-0.2, -0.15) is 0 Å². The molecule has 1 aliphatic rings. The lowest BCUT2D eigenvalue weighted by atomic mass is 9.99. The highest BCUT2D eigenvalue weighted by molar-refractivity contribution is 7.92. The maximum absolute atomic E-state index is 12.9. The van der Waals surface area contributed by atoms with Gasteiger partial charge < -0.3 is 9.64 Å². The molecule has 2 rings (SSSR count). The van der Waals surface area contributed by atoms with Gasteiger partial charge in [-0.1, -0.05) is 18.5 Å². The number of anilines is 1. The van der Waals surface area contributed by atoms with Crippen molar-refractivity contribution in [2.24, 2.45) is 5.92 Å². The van der Waals surface area contributed by atoms with Gasteiger partial charge in [0.2, 0.25) is 15.9 Å². The van der Waals surface area contributed by atoms with Gasteiger partial charge in [0.05, 0.1) is 19.1 Å². The summed E-state index contributed by atoms with van der Waals surface area (Å²) < 4.78 is 31.3. The van der Waals surface area contributed by atoms with Gasteiger partial charge in [0.15, 0.2) is 0 Å². The zero-order chi connectivity index (χ0) is 18.8. The van der Waals surface area contributed by atoms with Crippen molar-refractivity contribution >= 4 is 33.2 Å². The van der Waals surface area contributed by atoms with E-state index in [9.17, 15) is 13.2 Å². The fraction of sp³-hybridized carbons (Fsp3) is 0.588. The van der Waals surface area contributed by atoms with E-state index in [1.165, 1.54) is 13.2 Å². The number of halogens is 1. The molecule has 1 aromatic carbocycles. The minimum Gasteiger partial charge on any atom is -0.495 e. The molecule has 0 saturated carbocycles. The van der Waals surface area contributed by atoms with Crippen molar-refractivity contribution in [3.63, 3.8) is 0 Å². The second kappa shape index (κ2) is 7.83. The van der Waals surface area contributed by atoms with Crippen LogP contribution < -0.4 is 9.04 Å². The van der Waals surface area contributed by atoms with Crippen LogP contribution in [0.2, 0.25) is 5.02 Å². The third kappa shape index (κ3) is 4.58. The second-order valence-corrected chi connectivity index (χ2v) is 8.85. The average Bonchev–Trinajstić information content (AvgIpc) is 2.54. The molecule has 8 heteroatoms. The molecular formula is C17H25ClN2O4S. The van der Waals surface area contributed by atoms with E-state index in [1.54, 1.807) is 24.0 Å². The Balaban J connectivity index is 2.38. The third-order valence-electron chi connectivity index (χ3n) is 4.54. The van der Waals surface area contributed by atoms with Gasteiger partial charge in [-0.05, 0) is 43.9 Å². The van der Waals surface area contributed by atoms with E-state index < -0.39 is 16.1 Å². The Morgan fingerprint density at radius 2 is 1.96 bits per heavy atom. The minimum atomic E-state index is -3.71. The standard InChI is InChI=1S/C17H25ClN2O4S/c1-12-7-9-19(10-8-12)17(21)13(2)20(25(4,22)23)15-11-14(18)5-6-16(15)24-3/h5-6,11-13H,7-10H2,1-4H3/t13-/m0/s1. The molecule has 1 atom stereocenters. The molecule has 1 amide bonds. The van der Waals surface area contributed by atoms with Crippen molar-refractivity contribution in [1.29, 1.82) is 0 Å². The van der Waals surface area contributed by atoms with E-state index in [2.05, 4.69) is 6.92 Å². The predicted octanol–water partition coefficient (Wildman–Crippen LogP) is 2.76. The highest BCUT2D eigenvalue weighted by atomic mass is 35.5. The molecule has 1 saturated heterocycles. The number of hydrogen-bond acceptors (Lipinski definition) is 4. The topological polar surface area (TPSA) is 66.9 Å². The number of sulfonamides is 1. The summed E-state index contributed by atoms with van der Waals surface area (Å²) in [5.74, 6) is 0.722. The lowest BCUT2D eigenvalue weighted by molar-refractivity contribution is -0.133. The maximum atomic E-state index is 12.9. The van der Waals surface area contributed by atoms with Crippen molar-refractivity contribution in [3.05, 3.63) is 23.2 Å². The molecule has 0 radical (unpaired) electrons. The number of rotatable bonds is 5. The van der Waals surface area contributed by atoms with Crippen LogP contribution in [0, 0.1) is 5.92 Å². The summed E-state index contributed by atoms with van der Waals surface area (Å²) in [4.78, 5) is 14.6. The van der Waals surface area contributed by atoms with E-state index in [0.29, 0.717) is 29.8 Å². The molecule has 1 aliphatic heterocycles.